The van der Waals surface area contributed by atoms with Gasteiger partial charge in [0.1, 0.15) is 5.69 Å². The van der Waals surface area contributed by atoms with Crippen LogP contribution in [0, 0.1) is 12.7 Å². The van der Waals surface area contributed by atoms with Crippen molar-refractivity contribution in [1.82, 2.24) is 9.78 Å². The minimum atomic E-state index is -0.701. The Labute approximate surface area is 96.8 Å². The summed E-state index contributed by atoms with van der Waals surface area (Å²) in [6.07, 6.45) is 3.22. The summed E-state index contributed by atoms with van der Waals surface area (Å²) < 4.78 is 15.0. The van der Waals surface area contributed by atoms with E-state index in [0.717, 1.165) is 11.6 Å². The van der Waals surface area contributed by atoms with Crippen molar-refractivity contribution in [1.29, 1.82) is 0 Å². The quantitative estimate of drug-likeness (QED) is 0.760. The maximum atomic E-state index is 13.7. The van der Waals surface area contributed by atoms with Gasteiger partial charge in [-0.15, -0.1) is 0 Å². The largest absolute Gasteiger partial charge is 0.398 e. The maximum absolute atomic E-state index is 13.7. The number of nitrogen functional groups attached to an aromatic ring is 1. The Morgan fingerprint density at radius 3 is 2.71 bits per heavy atom. The number of hydrogen-bond donors (Lipinski definition) is 2. The average Bonchev–Trinajstić information content (AvgIpc) is 2.64. The topological polar surface area (TPSA) is 86.9 Å². The molecule has 0 bridgehead atoms. The number of aromatic nitrogens is 2. The van der Waals surface area contributed by atoms with Crippen LogP contribution in [0.25, 0.3) is 5.69 Å². The molecule has 1 heterocycles. The van der Waals surface area contributed by atoms with Crippen molar-refractivity contribution in [3.63, 3.8) is 0 Å². The smallest absolute Gasteiger partial charge is 0.250 e. The molecular formula is C11H11FN4O. The molecule has 2 rings (SSSR count). The van der Waals surface area contributed by atoms with Crippen molar-refractivity contribution in [3.05, 3.63) is 41.5 Å². The normalized spacial score (nSPS) is 10.5. The standard InChI is InChI=1S/C11H11FN4O/c1-6-4-15-16(5-6)10-2-7(11(14)17)9(13)3-8(10)12/h2-5H,13H2,1H3,(H2,14,17). The van der Waals surface area contributed by atoms with Gasteiger partial charge in [-0.3, -0.25) is 4.79 Å². The van der Waals surface area contributed by atoms with E-state index in [1.165, 1.54) is 10.7 Å². The molecule has 0 aliphatic rings. The van der Waals surface area contributed by atoms with E-state index in [9.17, 15) is 9.18 Å². The summed E-state index contributed by atoms with van der Waals surface area (Å²) in [5.41, 5.74) is 11.8. The molecule has 2 aromatic rings. The van der Waals surface area contributed by atoms with E-state index in [1.807, 2.05) is 6.92 Å². The highest BCUT2D eigenvalue weighted by atomic mass is 19.1. The third-order valence-corrected chi connectivity index (χ3v) is 2.34. The number of amides is 1. The van der Waals surface area contributed by atoms with Crippen molar-refractivity contribution >= 4 is 11.6 Å². The Morgan fingerprint density at radius 2 is 2.18 bits per heavy atom. The van der Waals surface area contributed by atoms with Crippen LogP contribution in [0.4, 0.5) is 10.1 Å². The molecule has 0 aliphatic carbocycles. The second-order valence-corrected chi connectivity index (χ2v) is 3.72. The van der Waals surface area contributed by atoms with Crippen LogP contribution in [0.1, 0.15) is 15.9 Å². The van der Waals surface area contributed by atoms with E-state index in [-0.39, 0.29) is 16.9 Å². The molecule has 0 saturated heterocycles. The summed E-state index contributed by atoms with van der Waals surface area (Å²) in [6.45, 7) is 1.83. The molecule has 1 amide bonds. The van der Waals surface area contributed by atoms with Crippen LogP contribution in [0.2, 0.25) is 0 Å². The van der Waals surface area contributed by atoms with Crippen LogP contribution in [0.3, 0.4) is 0 Å². The van der Waals surface area contributed by atoms with Gasteiger partial charge >= 0.3 is 0 Å². The second-order valence-electron chi connectivity index (χ2n) is 3.72. The number of nitrogens with zero attached hydrogens (tertiary/aromatic N) is 2. The van der Waals surface area contributed by atoms with Gasteiger partial charge in [-0.1, -0.05) is 0 Å². The lowest BCUT2D eigenvalue weighted by atomic mass is 10.1. The van der Waals surface area contributed by atoms with Crippen LogP contribution >= 0.6 is 0 Å². The number of halogens is 1. The minimum Gasteiger partial charge on any atom is -0.398 e. The zero-order valence-electron chi connectivity index (χ0n) is 9.14. The van der Waals surface area contributed by atoms with E-state index < -0.39 is 11.7 Å². The lowest BCUT2D eigenvalue weighted by Gasteiger charge is -2.07. The highest BCUT2D eigenvalue weighted by Crippen LogP contribution is 2.20. The highest BCUT2D eigenvalue weighted by Gasteiger charge is 2.13. The molecule has 0 atom stereocenters. The minimum absolute atomic E-state index is 0.0163. The van der Waals surface area contributed by atoms with E-state index in [0.29, 0.717) is 0 Å². The van der Waals surface area contributed by atoms with Gasteiger partial charge in [0.05, 0.1) is 11.8 Å². The lowest BCUT2D eigenvalue weighted by molar-refractivity contribution is 0.100. The van der Waals surface area contributed by atoms with Gasteiger partial charge in [-0.2, -0.15) is 5.10 Å². The summed E-state index contributed by atoms with van der Waals surface area (Å²) in [4.78, 5) is 11.1. The third kappa shape index (κ3) is 1.96. The molecule has 1 aromatic heterocycles. The first kappa shape index (κ1) is 11.1. The van der Waals surface area contributed by atoms with Crippen LogP contribution in [0.15, 0.2) is 24.5 Å². The van der Waals surface area contributed by atoms with Crippen molar-refractivity contribution in [3.8, 4) is 5.69 Å². The number of nitrogens with two attached hydrogens (primary N) is 2. The Hall–Kier alpha value is -2.37. The third-order valence-electron chi connectivity index (χ3n) is 2.34. The molecule has 17 heavy (non-hydrogen) atoms. The fourth-order valence-electron chi connectivity index (χ4n) is 1.51. The number of rotatable bonds is 2. The SMILES string of the molecule is Cc1cnn(-c2cc(C(N)=O)c(N)cc2F)c1. The summed E-state index contributed by atoms with van der Waals surface area (Å²) in [5, 5.41) is 3.96. The van der Waals surface area contributed by atoms with Gasteiger partial charge in [-0.25, -0.2) is 9.07 Å². The molecule has 0 radical (unpaired) electrons. The predicted octanol–water partition coefficient (Wildman–Crippen LogP) is 1.00. The number of carbonyl (C=O) groups is 1. The predicted molar refractivity (Wildman–Crippen MR) is 61.2 cm³/mol. The zero-order valence-corrected chi connectivity index (χ0v) is 9.14. The first-order valence-corrected chi connectivity index (χ1v) is 4.89. The van der Waals surface area contributed by atoms with Crippen molar-refractivity contribution in [2.24, 2.45) is 5.73 Å². The molecule has 0 saturated carbocycles. The molecule has 0 spiro atoms. The fourth-order valence-corrected chi connectivity index (χ4v) is 1.51. The van der Waals surface area contributed by atoms with Crippen molar-refractivity contribution in [2.75, 3.05) is 5.73 Å². The Morgan fingerprint density at radius 1 is 1.47 bits per heavy atom. The summed E-state index contributed by atoms with van der Waals surface area (Å²) in [5.74, 6) is -1.26. The number of anilines is 1. The number of carbonyl (C=O) groups excluding carboxylic acids is 1. The van der Waals surface area contributed by atoms with Gasteiger partial charge in [0.15, 0.2) is 5.82 Å². The van der Waals surface area contributed by atoms with Crippen LogP contribution in [-0.4, -0.2) is 15.7 Å². The lowest BCUT2D eigenvalue weighted by Crippen LogP contribution is -2.15. The average molecular weight is 234 g/mol. The van der Waals surface area contributed by atoms with Crippen LogP contribution in [-0.2, 0) is 0 Å². The second kappa shape index (κ2) is 3.89. The van der Waals surface area contributed by atoms with Gasteiger partial charge < -0.3 is 11.5 Å². The highest BCUT2D eigenvalue weighted by molar-refractivity contribution is 5.98. The fraction of sp³-hybridized carbons (Fsp3) is 0.0909. The Kier molecular flexibility index (Phi) is 2.55. The number of aryl methyl sites for hydroxylation is 1. The molecule has 4 N–H and O–H groups in total. The molecule has 6 heteroatoms. The van der Waals surface area contributed by atoms with Gasteiger partial charge in [-0.05, 0) is 24.6 Å². The molecule has 1 aromatic carbocycles. The Balaban J connectivity index is 2.62. The van der Waals surface area contributed by atoms with E-state index in [1.54, 1.807) is 12.4 Å². The van der Waals surface area contributed by atoms with Gasteiger partial charge in [0, 0.05) is 11.9 Å². The number of primary amides is 1. The number of benzene rings is 1. The summed E-state index contributed by atoms with van der Waals surface area (Å²) >= 11 is 0. The molecule has 88 valence electrons. The first-order valence-electron chi connectivity index (χ1n) is 4.89. The van der Waals surface area contributed by atoms with Gasteiger partial charge in [0.2, 0.25) is 0 Å². The zero-order chi connectivity index (χ0) is 12.6. The Bertz CT molecular complexity index is 591. The molecular weight excluding hydrogens is 223 g/mol. The molecule has 5 nitrogen and oxygen atoms in total. The van der Waals surface area contributed by atoms with Gasteiger partial charge in [0.25, 0.3) is 5.91 Å². The maximum Gasteiger partial charge on any atom is 0.250 e. The first-order chi connectivity index (χ1) is 7.99. The van der Waals surface area contributed by atoms with E-state index in [4.69, 9.17) is 11.5 Å². The molecule has 0 unspecified atom stereocenters. The monoisotopic (exact) mass is 234 g/mol. The molecule has 0 fully saturated rings. The van der Waals surface area contributed by atoms with Crippen molar-refractivity contribution in [2.45, 2.75) is 6.92 Å². The van der Waals surface area contributed by atoms with Crippen LogP contribution in [0.5, 0.6) is 0 Å². The summed E-state index contributed by atoms with van der Waals surface area (Å²) in [7, 11) is 0. The summed E-state index contributed by atoms with van der Waals surface area (Å²) in [6, 6.07) is 2.35. The van der Waals surface area contributed by atoms with Crippen LogP contribution < -0.4 is 11.5 Å². The van der Waals surface area contributed by atoms with E-state index >= 15 is 0 Å². The molecule has 0 aliphatic heterocycles. The van der Waals surface area contributed by atoms with E-state index in [2.05, 4.69) is 5.10 Å². The van der Waals surface area contributed by atoms with Crippen molar-refractivity contribution < 1.29 is 9.18 Å². The number of hydrogen-bond acceptors (Lipinski definition) is 3.